The lowest BCUT2D eigenvalue weighted by Crippen LogP contribution is -2.16. The molecule has 0 spiro atoms. The first-order chi connectivity index (χ1) is 27.0. The molecule has 0 bridgehead atoms. The minimum Gasteiger partial charge on any atom is -0.228 e. The Hall–Kier alpha value is -6.90. The molecule has 2 nitrogen and oxygen atoms in total. The van der Waals surface area contributed by atoms with E-state index in [2.05, 4.69) is 190 Å². The maximum absolute atomic E-state index is 5.24. The van der Waals surface area contributed by atoms with Crippen molar-refractivity contribution in [3.63, 3.8) is 0 Å². The lowest BCUT2D eigenvalue weighted by molar-refractivity contribution is 0.662. The predicted molar refractivity (Wildman–Crippen MR) is 230 cm³/mol. The fraction of sp³-hybridized carbons (Fsp3) is 0.0566. The molecule has 0 radical (unpaired) electrons. The SMILES string of the molecule is CC1(C)c2ccccc2-c2cccc(-c3cccc(-c4ccc(-c5cc(-c6cccc(-c7ccccc7)c6)nc(-c6ccccc6)n5)c5ccccc45)c3)c21. The highest BCUT2D eigenvalue weighted by molar-refractivity contribution is 6.05. The van der Waals surface area contributed by atoms with Crippen molar-refractivity contribution in [2.24, 2.45) is 0 Å². The Kier molecular flexibility index (Phi) is 7.85. The summed E-state index contributed by atoms with van der Waals surface area (Å²) >= 11 is 0. The zero-order valence-corrected chi connectivity index (χ0v) is 30.9. The Labute approximate surface area is 322 Å². The third kappa shape index (κ3) is 5.66. The molecule has 1 aromatic heterocycles. The van der Waals surface area contributed by atoms with E-state index in [1.165, 1.54) is 55.5 Å². The van der Waals surface area contributed by atoms with Crippen molar-refractivity contribution in [1.29, 1.82) is 0 Å². The number of benzene rings is 8. The molecule has 9 aromatic rings. The topological polar surface area (TPSA) is 25.8 Å². The van der Waals surface area contributed by atoms with Gasteiger partial charge in [-0.3, -0.25) is 0 Å². The smallest absolute Gasteiger partial charge is 0.160 e. The molecule has 0 aliphatic heterocycles. The molecule has 0 atom stereocenters. The van der Waals surface area contributed by atoms with Crippen molar-refractivity contribution in [1.82, 2.24) is 9.97 Å². The van der Waals surface area contributed by atoms with E-state index in [1.54, 1.807) is 0 Å². The summed E-state index contributed by atoms with van der Waals surface area (Å²) in [6, 6.07) is 69.5. The number of rotatable bonds is 6. The molecule has 1 aliphatic rings. The van der Waals surface area contributed by atoms with Gasteiger partial charge in [0.05, 0.1) is 11.4 Å². The normalized spacial score (nSPS) is 12.7. The number of aromatic nitrogens is 2. The van der Waals surface area contributed by atoms with Crippen LogP contribution in [0.3, 0.4) is 0 Å². The van der Waals surface area contributed by atoms with Gasteiger partial charge in [-0.1, -0.05) is 190 Å². The van der Waals surface area contributed by atoms with Crippen molar-refractivity contribution in [3.05, 3.63) is 205 Å². The summed E-state index contributed by atoms with van der Waals surface area (Å²) < 4.78 is 0. The van der Waals surface area contributed by atoms with Crippen LogP contribution in [0.1, 0.15) is 25.0 Å². The van der Waals surface area contributed by atoms with Crippen LogP contribution >= 0.6 is 0 Å². The van der Waals surface area contributed by atoms with E-state index < -0.39 is 0 Å². The summed E-state index contributed by atoms with van der Waals surface area (Å²) in [6.07, 6.45) is 0. The Bertz CT molecular complexity index is 2890. The van der Waals surface area contributed by atoms with E-state index in [0.29, 0.717) is 5.82 Å². The number of hydrogen-bond acceptors (Lipinski definition) is 2. The molecule has 2 heteroatoms. The van der Waals surface area contributed by atoms with E-state index in [1.807, 2.05) is 18.2 Å². The van der Waals surface area contributed by atoms with Crippen LogP contribution in [0.25, 0.3) is 89.2 Å². The summed E-state index contributed by atoms with van der Waals surface area (Å²) in [6.45, 7) is 4.72. The van der Waals surface area contributed by atoms with Crippen LogP contribution in [0.5, 0.6) is 0 Å². The molecule has 0 unspecified atom stereocenters. The Morgan fingerprint density at radius 2 is 0.836 bits per heavy atom. The number of hydrogen-bond donors (Lipinski definition) is 0. The standard InChI is InChI=1S/C53H38N2/c1-53(2)48-29-12-11-26-45(48)47-28-15-27-42(51(47)53)39-22-14-21-38(33-39)41-30-31-46(44-25-10-9-24-43(41)44)50-34-49(54-52(55-50)36-18-7-4-8-19-36)40-23-13-20-37(32-40)35-16-5-3-6-17-35/h3-34H,1-2H3. The van der Waals surface area contributed by atoms with Gasteiger partial charge in [-0.15, -0.1) is 0 Å². The zero-order valence-electron chi connectivity index (χ0n) is 30.9. The highest BCUT2D eigenvalue weighted by atomic mass is 14.9. The summed E-state index contributed by atoms with van der Waals surface area (Å²) in [5, 5.41) is 2.35. The third-order valence-electron chi connectivity index (χ3n) is 11.3. The molecule has 0 N–H and O–H groups in total. The highest BCUT2D eigenvalue weighted by Gasteiger charge is 2.37. The average Bonchev–Trinajstić information content (AvgIpc) is 3.50. The van der Waals surface area contributed by atoms with Crippen molar-refractivity contribution in [3.8, 4) is 78.4 Å². The van der Waals surface area contributed by atoms with Crippen molar-refractivity contribution < 1.29 is 0 Å². The van der Waals surface area contributed by atoms with Gasteiger partial charge < -0.3 is 0 Å². The Morgan fingerprint density at radius 1 is 0.327 bits per heavy atom. The maximum Gasteiger partial charge on any atom is 0.160 e. The van der Waals surface area contributed by atoms with Crippen LogP contribution < -0.4 is 0 Å². The van der Waals surface area contributed by atoms with E-state index in [9.17, 15) is 0 Å². The minimum absolute atomic E-state index is 0.0925. The van der Waals surface area contributed by atoms with Gasteiger partial charge in [-0.25, -0.2) is 9.97 Å². The molecule has 0 saturated carbocycles. The first-order valence-corrected chi connectivity index (χ1v) is 19.0. The number of fused-ring (bicyclic) bond motifs is 4. The predicted octanol–water partition coefficient (Wildman–Crippen LogP) is 13.9. The summed E-state index contributed by atoms with van der Waals surface area (Å²) in [4.78, 5) is 10.4. The average molecular weight is 703 g/mol. The van der Waals surface area contributed by atoms with Crippen LogP contribution in [0.4, 0.5) is 0 Å². The Balaban J connectivity index is 1.10. The van der Waals surface area contributed by atoms with Gasteiger partial charge >= 0.3 is 0 Å². The fourth-order valence-corrected chi connectivity index (χ4v) is 8.65. The van der Waals surface area contributed by atoms with Gasteiger partial charge in [-0.2, -0.15) is 0 Å². The van der Waals surface area contributed by atoms with Crippen LogP contribution in [-0.4, -0.2) is 9.97 Å². The number of nitrogens with zero attached hydrogens (tertiary/aromatic N) is 2. The molecule has 0 fully saturated rings. The van der Waals surface area contributed by atoms with Gasteiger partial charge in [0.1, 0.15) is 0 Å². The van der Waals surface area contributed by atoms with Crippen LogP contribution in [0.2, 0.25) is 0 Å². The lowest BCUT2D eigenvalue weighted by atomic mass is 9.78. The summed E-state index contributed by atoms with van der Waals surface area (Å²) in [5.74, 6) is 0.708. The summed E-state index contributed by atoms with van der Waals surface area (Å²) in [7, 11) is 0. The largest absolute Gasteiger partial charge is 0.228 e. The van der Waals surface area contributed by atoms with Crippen LogP contribution in [0, 0.1) is 0 Å². The molecular formula is C53H38N2. The molecule has 55 heavy (non-hydrogen) atoms. The molecule has 10 rings (SSSR count). The summed E-state index contributed by atoms with van der Waals surface area (Å²) in [5.41, 5.74) is 17.5. The minimum atomic E-state index is -0.0925. The van der Waals surface area contributed by atoms with E-state index in [0.717, 1.165) is 39.0 Å². The van der Waals surface area contributed by atoms with Crippen molar-refractivity contribution in [2.75, 3.05) is 0 Å². The van der Waals surface area contributed by atoms with Crippen molar-refractivity contribution >= 4 is 10.8 Å². The zero-order chi connectivity index (χ0) is 36.9. The first-order valence-electron chi connectivity index (χ1n) is 19.0. The molecular weight excluding hydrogens is 665 g/mol. The highest BCUT2D eigenvalue weighted by Crippen LogP contribution is 2.52. The second-order valence-corrected chi connectivity index (χ2v) is 15.0. The van der Waals surface area contributed by atoms with Gasteiger partial charge in [0.15, 0.2) is 5.82 Å². The van der Waals surface area contributed by atoms with Crippen LogP contribution in [0.15, 0.2) is 194 Å². The van der Waals surface area contributed by atoms with Crippen molar-refractivity contribution in [2.45, 2.75) is 19.3 Å². The monoisotopic (exact) mass is 702 g/mol. The molecule has 260 valence electrons. The van der Waals surface area contributed by atoms with Gasteiger partial charge in [-0.05, 0) is 84.6 Å². The van der Waals surface area contributed by atoms with Crippen LogP contribution in [-0.2, 0) is 5.41 Å². The second-order valence-electron chi connectivity index (χ2n) is 15.0. The van der Waals surface area contributed by atoms with E-state index >= 15 is 0 Å². The van der Waals surface area contributed by atoms with E-state index in [-0.39, 0.29) is 5.41 Å². The van der Waals surface area contributed by atoms with Gasteiger partial charge in [0.25, 0.3) is 0 Å². The molecule has 1 aliphatic carbocycles. The van der Waals surface area contributed by atoms with Gasteiger partial charge in [0.2, 0.25) is 0 Å². The fourth-order valence-electron chi connectivity index (χ4n) is 8.65. The third-order valence-corrected chi connectivity index (χ3v) is 11.3. The molecule has 0 amide bonds. The van der Waals surface area contributed by atoms with E-state index in [4.69, 9.17) is 9.97 Å². The molecule has 8 aromatic carbocycles. The van der Waals surface area contributed by atoms with Gasteiger partial charge in [0, 0.05) is 22.1 Å². The molecule has 1 heterocycles. The second kappa shape index (κ2) is 13.2. The molecule has 0 saturated heterocycles. The maximum atomic E-state index is 5.24. The lowest BCUT2D eigenvalue weighted by Gasteiger charge is -2.24. The quantitative estimate of drug-likeness (QED) is 0.172. The first kappa shape index (κ1) is 32.7. The Morgan fingerprint density at radius 3 is 1.62 bits per heavy atom.